The van der Waals surface area contributed by atoms with Gasteiger partial charge in [0.25, 0.3) is 0 Å². The van der Waals surface area contributed by atoms with Crippen molar-refractivity contribution < 1.29 is 121 Å². The molecule has 7 aromatic heterocycles. The van der Waals surface area contributed by atoms with Crippen molar-refractivity contribution in [2.75, 3.05) is 0 Å². The Kier molecular flexibility index (Phi) is 35.4. The number of hydrogen-bond donors (Lipinski definition) is 0. The Hall–Kier alpha value is -7.34. The molecule has 12 nitrogen and oxygen atoms in total. The van der Waals surface area contributed by atoms with Crippen molar-refractivity contribution in [3.8, 4) is 67.8 Å². The van der Waals surface area contributed by atoms with Gasteiger partial charge in [-0.3, -0.25) is 39.9 Å². The topological polar surface area (TPSA) is 155 Å². The van der Waals surface area contributed by atoms with Crippen LogP contribution in [0.3, 0.4) is 0 Å². The number of benzene rings is 7. The Morgan fingerprint density at radius 1 is 0.276 bits per heavy atom. The minimum Gasteiger partial charge on any atom is -0.305 e. The van der Waals surface area contributed by atoms with Crippen LogP contribution in [0.15, 0.2) is 275 Å². The number of rotatable bonds is 6. The van der Waals surface area contributed by atoms with Gasteiger partial charge in [-0.05, 0) is 35.1 Å². The normalized spacial score (nSPS) is 9.34. The van der Waals surface area contributed by atoms with Crippen LogP contribution in [0.1, 0.15) is 5.56 Å². The summed E-state index contributed by atoms with van der Waals surface area (Å²) in [6.07, 6.45) is 23.9. The van der Waals surface area contributed by atoms with Crippen molar-refractivity contribution in [3.05, 3.63) is 317 Å². The number of fused-ring (bicyclic) bond motifs is 2. The monoisotopic (exact) mass is 2200 g/mol. The third kappa shape index (κ3) is 24.0. The van der Waals surface area contributed by atoms with E-state index in [0.29, 0.717) is 0 Å². The molecule has 0 N–H and O–H groups in total. The smallest absolute Gasteiger partial charge is 0.105 e. The average Bonchev–Trinajstić information content (AvgIpc) is 3.45. The number of aromatic nitrogens is 12. The summed E-state index contributed by atoms with van der Waals surface area (Å²) in [7, 11) is 0. The van der Waals surface area contributed by atoms with Crippen LogP contribution in [0, 0.1) is 43.3 Å². The zero-order valence-corrected chi connectivity index (χ0v) is 60.2. The van der Waals surface area contributed by atoms with E-state index in [2.05, 4.69) is 114 Å². The Labute approximate surface area is 587 Å². The molecule has 0 atom stereocenters. The second-order valence-electron chi connectivity index (χ2n) is 17.0. The largest absolute Gasteiger partial charge is 0.305 e. The predicted octanol–water partition coefficient (Wildman–Crippen LogP) is 14.3. The van der Waals surface area contributed by atoms with Crippen LogP contribution in [-0.2, 0) is 121 Å². The Morgan fingerprint density at radius 3 is 1.28 bits per heavy atom. The maximum absolute atomic E-state index is 4.32. The molecule has 0 bridgehead atoms. The molecular formula is C69H48Ir6N12-6. The fourth-order valence-electron chi connectivity index (χ4n) is 7.43. The van der Waals surface area contributed by atoms with E-state index in [0.717, 1.165) is 78.7 Å². The van der Waals surface area contributed by atoms with Gasteiger partial charge in [-0.15, -0.1) is 196 Å². The average molecular weight is 2200 g/mol. The summed E-state index contributed by atoms with van der Waals surface area (Å²) in [5, 5.41) is 3.49. The minimum atomic E-state index is 0. The van der Waals surface area contributed by atoms with Gasteiger partial charge in [-0.25, -0.2) is 4.98 Å². The summed E-state index contributed by atoms with van der Waals surface area (Å²) in [6.45, 7) is 2.03. The second-order valence-corrected chi connectivity index (χ2v) is 17.0. The number of pyridine rings is 2. The van der Waals surface area contributed by atoms with Gasteiger partial charge in [0.2, 0.25) is 0 Å². The molecule has 7 heterocycles. The van der Waals surface area contributed by atoms with Gasteiger partial charge in [0.1, 0.15) is 6.33 Å². The molecule has 0 aliphatic rings. The molecule has 18 heteroatoms. The first kappa shape index (κ1) is 73.9. The van der Waals surface area contributed by atoms with Crippen molar-refractivity contribution in [2.45, 2.75) is 6.92 Å². The van der Waals surface area contributed by atoms with E-state index in [9.17, 15) is 0 Å². The van der Waals surface area contributed by atoms with Crippen LogP contribution in [-0.4, -0.2) is 59.8 Å². The van der Waals surface area contributed by atoms with E-state index < -0.39 is 0 Å². The van der Waals surface area contributed by atoms with E-state index in [1.54, 1.807) is 92.7 Å². The zero-order valence-electron chi connectivity index (χ0n) is 45.8. The SMILES string of the molecule is Cc1c[c-]c(-c2ncccn2)cc1.[Ir].[Ir].[Ir].[Ir].[Ir].[Ir].[c-]1cc2ccccc2cc1-c1cnccn1.[c-]1cc2cccnc2cc1-c1ccccn1.[c-]1ccccc1-c1ccncn1.[c-]1ccccc1-c1cnccn1.[c-]1ccccc1-c1ncccn1. The third-order valence-electron chi connectivity index (χ3n) is 11.4. The second kappa shape index (κ2) is 41.7. The zero-order chi connectivity index (χ0) is 55.4. The quantitative estimate of drug-likeness (QED) is 0.146. The molecule has 87 heavy (non-hydrogen) atoms. The van der Waals surface area contributed by atoms with Gasteiger partial charge < -0.3 is 15.0 Å². The number of hydrogen-bond acceptors (Lipinski definition) is 12. The van der Waals surface area contributed by atoms with Crippen LogP contribution in [0.2, 0.25) is 0 Å². The van der Waals surface area contributed by atoms with E-state index in [1.165, 1.54) is 22.7 Å². The molecule has 0 saturated heterocycles. The first-order valence-corrected chi connectivity index (χ1v) is 25.4. The molecule has 6 radical (unpaired) electrons. The van der Waals surface area contributed by atoms with E-state index in [1.807, 2.05) is 165 Å². The molecular weight excluding hydrogens is 2150 g/mol. The third-order valence-corrected chi connectivity index (χ3v) is 11.4. The first-order chi connectivity index (χ1) is 40.1. The molecule has 0 saturated carbocycles. The van der Waals surface area contributed by atoms with Crippen LogP contribution in [0.4, 0.5) is 0 Å². The maximum atomic E-state index is 4.32. The summed E-state index contributed by atoms with van der Waals surface area (Å²) in [5.41, 5.74) is 11.5. The van der Waals surface area contributed by atoms with Crippen LogP contribution in [0.5, 0.6) is 0 Å². The van der Waals surface area contributed by atoms with Gasteiger partial charge in [0.05, 0.1) is 11.6 Å². The molecule has 0 amide bonds. The summed E-state index contributed by atoms with van der Waals surface area (Å²) in [5.74, 6) is 1.45. The standard InChI is InChI=1S/2C14H9N2.C11H9N2.3C10H7N2.6Ir/c1-2-8-15-13(5-1)12-7-6-11-4-3-9-16-14(11)10-12;1-2-4-12-9-13(6-5-11(12)3-1)14-10-15-7-8-16-14;1-9-3-5-10(6-4-9)11-12-7-2-8-13-11;1-2-5-9(6-3-1)10-11-7-4-8-12-10;1-2-4-9(5-3-1)10-8-11-6-7-12-10;1-2-4-9(5-3-1)10-6-7-11-8-12-10;;;;;;/h1-6,8-10H;1-5,7-10H;2-5,7-8H,1H3;1-5,7-8H;2*1-4,6-8H;;;;;;/q6*-1;;;;;;. The molecule has 14 aromatic rings. The van der Waals surface area contributed by atoms with E-state index >= 15 is 0 Å². The number of nitrogens with zero attached hydrogens (tertiary/aromatic N) is 12. The first-order valence-electron chi connectivity index (χ1n) is 25.4. The molecule has 0 unspecified atom stereocenters. The summed E-state index contributed by atoms with van der Waals surface area (Å²) in [4.78, 5) is 49.5. The summed E-state index contributed by atoms with van der Waals surface area (Å²) >= 11 is 0. The summed E-state index contributed by atoms with van der Waals surface area (Å²) in [6, 6.07) is 79.4. The fraction of sp³-hybridized carbons (Fsp3) is 0.0145. The molecule has 7 aromatic carbocycles. The van der Waals surface area contributed by atoms with Crippen molar-refractivity contribution in [1.29, 1.82) is 0 Å². The Balaban J connectivity index is 0.000000271. The van der Waals surface area contributed by atoms with Crippen molar-refractivity contribution in [2.24, 2.45) is 0 Å². The predicted molar refractivity (Wildman–Crippen MR) is 318 cm³/mol. The van der Waals surface area contributed by atoms with Gasteiger partial charge >= 0.3 is 0 Å². The number of aryl methyl sites for hydroxylation is 1. The van der Waals surface area contributed by atoms with Gasteiger partial charge in [-0.2, -0.15) is 0 Å². The van der Waals surface area contributed by atoms with Gasteiger partial charge in [-0.1, -0.05) is 72.3 Å². The Bertz CT molecular complexity index is 3640. The van der Waals surface area contributed by atoms with Crippen LogP contribution >= 0.6 is 0 Å². The molecule has 0 spiro atoms. The van der Waals surface area contributed by atoms with Gasteiger partial charge in [0, 0.05) is 213 Å². The van der Waals surface area contributed by atoms with Gasteiger partial charge in [0.15, 0.2) is 0 Å². The van der Waals surface area contributed by atoms with Crippen molar-refractivity contribution in [3.63, 3.8) is 0 Å². The summed E-state index contributed by atoms with van der Waals surface area (Å²) < 4.78 is 0. The van der Waals surface area contributed by atoms with Crippen molar-refractivity contribution in [1.82, 2.24) is 59.8 Å². The maximum Gasteiger partial charge on any atom is 0.105 e. The molecule has 0 aliphatic carbocycles. The molecule has 0 aliphatic heterocycles. The minimum absolute atomic E-state index is 0. The fourth-order valence-corrected chi connectivity index (χ4v) is 7.43. The Morgan fingerprint density at radius 2 is 0.747 bits per heavy atom. The molecule has 0 fully saturated rings. The molecule has 14 rings (SSSR count). The van der Waals surface area contributed by atoms with Crippen LogP contribution < -0.4 is 0 Å². The van der Waals surface area contributed by atoms with Crippen LogP contribution in [0.25, 0.3) is 89.5 Å². The van der Waals surface area contributed by atoms with E-state index in [-0.39, 0.29) is 121 Å². The van der Waals surface area contributed by atoms with Crippen molar-refractivity contribution >= 4 is 21.7 Å². The molecule has 444 valence electrons. The van der Waals surface area contributed by atoms with E-state index in [4.69, 9.17) is 0 Å².